The Labute approximate surface area is 368 Å². The van der Waals surface area contributed by atoms with Crippen molar-refractivity contribution in [2.45, 2.75) is 202 Å². The van der Waals surface area contributed by atoms with Gasteiger partial charge in [0.25, 0.3) is 0 Å². The molecule has 0 aromatic rings. The molecule has 8 rings (SSSR count). The number of ether oxygens (including phenoxy) is 7. The fourth-order valence-electron chi connectivity index (χ4n) is 13.6. The highest BCUT2D eigenvalue weighted by molar-refractivity contribution is 5.26. The standard InChI is InChI=1S/C45H72O18/c1-17(16-57-41-38(55)36(53)34(51)28(15-46)61-41)7-10-26-18(2)30-27(60-26)13-24-21-8-9-23-33(50)25(47)14-29(45(23,6)22(21)11-12-44(24,30)5)62-43-40(37(54)32(49)20(4)59-43)63-42-39(56)35(52)31(48)19(3)58-42/h19-43,46-56H,1-2,7-16H2,3-6H3/t19-,20+,21+,22-,23-,24-,25+,26?,27-,28+,29+,30-,31-,32-,33-,34+,35+,36-,37-,38+,39+,40+,41+,42-,43-,44-,45+/m0/s1. The van der Waals surface area contributed by atoms with E-state index in [9.17, 15) is 56.2 Å². The molecular formula is C45H72O18. The van der Waals surface area contributed by atoms with Crippen LogP contribution in [0.25, 0.3) is 0 Å². The van der Waals surface area contributed by atoms with Gasteiger partial charge in [-0.2, -0.15) is 0 Å². The molecule has 4 saturated heterocycles. The number of hydrogen-bond acceptors (Lipinski definition) is 18. The average Bonchev–Trinajstić information content (AvgIpc) is 3.74. The highest BCUT2D eigenvalue weighted by Gasteiger charge is 2.68. The van der Waals surface area contributed by atoms with Crippen LogP contribution in [0.1, 0.15) is 79.1 Å². The number of aliphatic hydroxyl groups excluding tert-OH is 11. The highest BCUT2D eigenvalue weighted by Crippen LogP contribution is 2.70. The van der Waals surface area contributed by atoms with Crippen molar-refractivity contribution in [1.29, 1.82) is 0 Å². The number of fused-ring (bicyclic) bond motifs is 7. The quantitative estimate of drug-likeness (QED) is 0.108. The second kappa shape index (κ2) is 18.3. The molecule has 27 atom stereocenters. The molecule has 0 amide bonds. The maximum atomic E-state index is 11.6. The van der Waals surface area contributed by atoms with Crippen LogP contribution in [0.5, 0.6) is 0 Å². The van der Waals surface area contributed by atoms with Crippen molar-refractivity contribution in [2.75, 3.05) is 13.2 Å². The van der Waals surface area contributed by atoms with E-state index in [1.807, 2.05) is 0 Å². The van der Waals surface area contributed by atoms with Crippen molar-refractivity contribution in [3.8, 4) is 0 Å². The molecule has 0 aromatic carbocycles. The van der Waals surface area contributed by atoms with Crippen molar-refractivity contribution in [2.24, 2.45) is 40.4 Å². The van der Waals surface area contributed by atoms with E-state index in [-0.39, 0.29) is 60.2 Å². The molecule has 18 nitrogen and oxygen atoms in total. The molecule has 63 heavy (non-hydrogen) atoms. The normalized spacial score (nSPS) is 55.7. The maximum Gasteiger partial charge on any atom is 0.187 e. The summed E-state index contributed by atoms with van der Waals surface area (Å²) < 4.78 is 42.8. The Morgan fingerprint density at radius 3 is 2.03 bits per heavy atom. The summed E-state index contributed by atoms with van der Waals surface area (Å²) in [5.74, 6) is 0.410. The molecule has 4 saturated carbocycles. The molecule has 4 aliphatic carbocycles. The lowest BCUT2D eigenvalue weighted by atomic mass is 9.43. The van der Waals surface area contributed by atoms with E-state index in [2.05, 4.69) is 27.0 Å². The summed E-state index contributed by atoms with van der Waals surface area (Å²) in [6.07, 6.45) is -18.1. The number of aliphatic hydroxyl groups is 11. The van der Waals surface area contributed by atoms with Crippen molar-refractivity contribution in [3.05, 3.63) is 24.3 Å². The summed E-state index contributed by atoms with van der Waals surface area (Å²) in [7, 11) is 0. The minimum absolute atomic E-state index is 0.0301. The third kappa shape index (κ3) is 8.22. The molecule has 360 valence electrons. The zero-order chi connectivity index (χ0) is 45.6. The SMILES string of the molecule is C=C(CCC1O[C@H]2C[C@H]3[C@@H]4CC[C@H]5[C@H](O)[C@H](O)C[C@@H](O[C@@H]6O[C@H](C)[C@H](O)[C@H](O)[C@H]6O[C@@H]6O[C@@H](C)[C@H](O)[C@@H](O)[C@H]6O)[C@]5(C)[C@H]4CC[C@]3(C)[C@H]2C1=C)CO[C@@H]1O[C@H](CO)[C@@H](O)[C@H](O)[C@H]1O. The van der Waals surface area contributed by atoms with Crippen LogP contribution in [0.15, 0.2) is 24.3 Å². The Hall–Kier alpha value is -1.24. The van der Waals surface area contributed by atoms with Gasteiger partial charge in [-0.3, -0.25) is 0 Å². The lowest BCUT2D eigenvalue weighted by Crippen LogP contribution is -2.67. The predicted octanol–water partition coefficient (Wildman–Crippen LogP) is -1.26. The molecule has 0 bridgehead atoms. The van der Waals surface area contributed by atoms with Crippen LogP contribution in [0.4, 0.5) is 0 Å². The molecule has 0 aromatic heterocycles. The van der Waals surface area contributed by atoms with Crippen LogP contribution < -0.4 is 0 Å². The van der Waals surface area contributed by atoms with E-state index in [4.69, 9.17) is 33.2 Å². The minimum atomic E-state index is -1.68. The first-order valence-electron chi connectivity index (χ1n) is 23.0. The highest BCUT2D eigenvalue weighted by atomic mass is 16.8. The number of rotatable bonds is 11. The summed E-state index contributed by atoms with van der Waals surface area (Å²) in [5.41, 5.74) is 1.01. The molecular weight excluding hydrogens is 828 g/mol. The molecule has 8 fully saturated rings. The third-order valence-electron chi connectivity index (χ3n) is 17.2. The Morgan fingerprint density at radius 2 is 1.33 bits per heavy atom. The Balaban J connectivity index is 0.942. The van der Waals surface area contributed by atoms with Gasteiger partial charge >= 0.3 is 0 Å². The lowest BCUT2D eigenvalue weighted by molar-refractivity contribution is -0.377. The maximum absolute atomic E-state index is 11.6. The van der Waals surface area contributed by atoms with Gasteiger partial charge in [0, 0.05) is 17.8 Å². The van der Waals surface area contributed by atoms with E-state index >= 15 is 0 Å². The minimum Gasteiger partial charge on any atom is -0.394 e. The summed E-state index contributed by atoms with van der Waals surface area (Å²) in [6, 6.07) is 0. The second-order valence-corrected chi connectivity index (χ2v) is 20.6. The largest absolute Gasteiger partial charge is 0.394 e. The average molecular weight is 901 g/mol. The van der Waals surface area contributed by atoms with Gasteiger partial charge in [0.2, 0.25) is 0 Å². The van der Waals surface area contributed by atoms with E-state index < -0.39 is 122 Å². The van der Waals surface area contributed by atoms with Crippen LogP contribution in [-0.4, -0.2) is 192 Å². The molecule has 0 radical (unpaired) electrons. The van der Waals surface area contributed by atoms with Crippen molar-refractivity contribution < 1.29 is 89.3 Å². The van der Waals surface area contributed by atoms with Crippen molar-refractivity contribution in [3.63, 3.8) is 0 Å². The first-order valence-corrected chi connectivity index (χ1v) is 23.0. The van der Waals surface area contributed by atoms with E-state index in [1.165, 1.54) is 6.92 Å². The van der Waals surface area contributed by atoms with Gasteiger partial charge in [-0.05, 0) is 93.5 Å². The molecule has 4 aliphatic heterocycles. The zero-order valence-electron chi connectivity index (χ0n) is 36.7. The molecule has 0 spiro atoms. The van der Waals surface area contributed by atoms with Gasteiger partial charge in [0.1, 0.15) is 61.0 Å². The third-order valence-corrected chi connectivity index (χ3v) is 17.2. The lowest BCUT2D eigenvalue weighted by Gasteiger charge is -2.64. The van der Waals surface area contributed by atoms with Gasteiger partial charge in [-0.25, -0.2) is 0 Å². The molecule has 8 aliphatic rings. The molecule has 18 heteroatoms. The topological polar surface area (TPSA) is 287 Å². The Morgan fingerprint density at radius 1 is 0.683 bits per heavy atom. The smallest absolute Gasteiger partial charge is 0.187 e. The Kier molecular flexibility index (Phi) is 14.0. The summed E-state index contributed by atoms with van der Waals surface area (Å²) in [6.45, 7) is 15.8. The van der Waals surface area contributed by atoms with Crippen LogP contribution in [0.3, 0.4) is 0 Å². The van der Waals surface area contributed by atoms with Gasteiger partial charge < -0.3 is 89.3 Å². The van der Waals surface area contributed by atoms with E-state index in [0.29, 0.717) is 19.3 Å². The van der Waals surface area contributed by atoms with Crippen LogP contribution >= 0.6 is 0 Å². The van der Waals surface area contributed by atoms with Crippen molar-refractivity contribution in [1.82, 2.24) is 0 Å². The van der Waals surface area contributed by atoms with E-state index in [0.717, 1.165) is 36.8 Å². The first kappa shape index (κ1) is 48.2. The summed E-state index contributed by atoms with van der Waals surface area (Å²) >= 11 is 0. The first-order chi connectivity index (χ1) is 29.7. The molecule has 1 unspecified atom stereocenters. The van der Waals surface area contributed by atoms with Gasteiger partial charge in [-0.15, -0.1) is 0 Å². The number of hydrogen-bond donors (Lipinski definition) is 11. The van der Waals surface area contributed by atoms with Gasteiger partial charge in [0.15, 0.2) is 18.9 Å². The van der Waals surface area contributed by atoms with E-state index in [1.54, 1.807) is 6.92 Å². The fourth-order valence-corrected chi connectivity index (χ4v) is 13.6. The summed E-state index contributed by atoms with van der Waals surface area (Å²) in [4.78, 5) is 0. The van der Waals surface area contributed by atoms with Crippen LogP contribution in [-0.2, 0) is 33.2 Å². The molecule has 11 N–H and O–H groups in total. The van der Waals surface area contributed by atoms with Crippen LogP contribution in [0.2, 0.25) is 0 Å². The van der Waals surface area contributed by atoms with Crippen LogP contribution in [0, 0.1) is 40.4 Å². The second-order valence-electron chi connectivity index (χ2n) is 20.6. The summed E-state index contributed by atoms with van der Waals surface area (Å²) in [5, 5.41) is 117. The van der Waals surface area contributed by atoms with Gasteiger partial charge in [-0.1, -0.05) is 32.6 Å². The zero-order valence-corrected chi connectivity index (χ0v) is 36.7. The monoisotopic (exact) mass is 900 g/mol. The van der Waals surface area contributed by atoms with Crippen molar-refractivity contribution >= 4 is 0 Å². The Bertz CT molecular complexity index is 1640. The predicted molar refractivity (Wildman–Crippen MR) is 218 cm³/mol. The van der Waals surface area contributed by atoms with Gasteiger partial charge in [0.05, 0.1) is 55.9 Å². The fraction of sp³-hybridized carbons (Fsp3) is 0.911. The molecule has 4 heterocycles.